The topological polar surface area (TPSA) is 55.1 Å². The van der Waals surface area contributed by atoms with Gasteiger partial charge in [-0.1, -0.05) is 133 Å². The standard InChI is InChI=1S/C47H28N4O/c1-2-13-31(14-3-1)45-48-46(50-47(49-45)38-23-11-21-36-35-20-6-7-25-41(35)52-44(36)38)32-17-8-18-33(28-32)51-39-24-10-16-30-15-9-22-37(42(30)39)43-34-19-5-4-12-29(34)26-27-40(43)51/h1-28H/i1D,2D,3D,13D,14D. The zero-order valence-corrected chi connectivity index (χ0v) is 27.5. The Morgan fingerprint density at radius 2 is 1.19 bits per heavy atom. The van der Waals surface area contributed by atoms with Gasteiger partial charge in [0.1, 0.15) is 11.2 Å². The third-order valence-corrected chi connectivity index (χ3v) is 9.91. The SMILES string of the molecule is [2H]c1c([2H])c([2H])c(-c2nc(-c3cccc(N4c5ccc6ccccc6c5-c5cccc6cccc4c56)c3)nc(-c3cccc4c3oc3ccccc34)n2)c([2H])c1[2H]. The highest BCUT2D eigenvalue weighted by Gasteiger charge is 2.28. The fourth-order valence-corrected chi connectivity index (χ4v) is 7.66. The van der Waals surface area contributed by atoms with Crippen LogP contribution in [-0.2, 0) is 0 Å². The number of hydrogen-bond acceptors (Lipinski definition) is 5. The van der Waals surface area contributed by atoms with Crippen molar-refractivity contribution in [3.63, 3.8) is 0 Å². The molecule has 0 spiro atoms. The number of furan rings is 1. The molecule has 5 nitrogen and oxygen atoms in total. The second kappa shape index (κ2) is 11.2. The van der Waals surface area contributed by atoms with Crippen LogP contribution in [0.4, 0.5) is 17.1 Å². The van der Waals surface area contributed by atoms with Gasteiger partial charge in [-0.2, -0.15) is 0 Å². The molecule has 3 heterocycles. The van der Waals surface area contributed by atoms with Crippen LogP contribution < -0.4 is 4.90 Å². The van der Waals surface area contributed by atoms with Gasteiger partial charge in [0, 0.05) is 38.5 Å². The molecule has 52 heavy (non-hydrogen) atoms. The molecule has 0 amide bonds. The molecule has 0 aliphatic carbocycles. The summed E-state index contributed by atoms with van der Waals surface area (Å²) in [4.78, 5) is 17.0. The first kappa shape index (κ1) is 24.1. The quantitative estimate of drug-likeness (QED) is 0.187. The Bertz CT molecular complexity index is 3310. The van der Waals surface area contributed by atoms with Crippen molar-refractivity contribution in [2.24, 2.45) is 0 Å². The van der Waals surface area contributed by atoms with Crippen molar-refractivity contribution in [2.75, 3.05) is 4.90 Å². The lowest BCUT2D eigenvalue weighted by atomic mass is 9.87. The summed E-state index contributed by atoms with van der Waals surface area (Å²) in [6, 6.07) is 44.8. The summed E-state index contributed by atoms with van der Waals surface area (Å²) in [6.45, 7) is 0. The van der Waals surface area contributed by atoms with Crippen LogP contribution in [0.3, 0.4) is 0 Å². The van der Waals surface area contributed by atoms with Crippen molar-refractivity contribution in [1.82, 2.24) is 15.0 Å². The van der Waals surface area contributed by atoms with E-state index in [0.29, 0.717) is 22.3 Å². The first-order valence-corrected chi connectivity index (χ1v) is 17.0. The summed E-state index contributed by atoms with van der Waals surface area (Å²) >= 11 is 0. The highest BCUT2D eigenvalue weighted by Crippen LogP contribution is 2.53. The van der Waals surface area contributed by atoms with Gasteiger partial charge in [0.25, 0.3) is 0 Å². The second-order valence-electron chi connectivity index (χ2n) is 12.8. The number of para-hydroxylation sites is 2. The average molecular weight is 670 g/mol. The zero-order chi connectivity index (χ0) is 38.5. The van der Waals surface area contributed by atoms with Gasteiger partial charge in [-0.25, -0.2) is 15.0 Å². The normalized spacial score (nSPS) is 13.5. The van der Waals surface area contributed by atoms with Gasteiger partial charge >= 0.3 is 0 Å². The van der Waals surface area contributed by atoms with E-state index in [1.165, 1.54) is 5.56 Å². The molecule has 0 saturated carbocycles. The molecule has 0 N–H and O–H groups in total. The minimum Gasteiger partial charge on any atom is -0.455 e. The molecule has 0 radical (unpaired) electrons. The molecular formula is C47H28N4O. The highest BCUT2D eigenvalue weighted by atomic mass is 16.3. The maximum Gasteiger partial charge on any atom is 0.167 e. The Hall–Kier alpha value is -7.11. The molecule has 8 aromatic carbocycles. The van der Waals surface area contributed by atoms with Crippen molar-refractivity contribution in [3.8, 4) is 45.3 Å². The molecule has 242 valence electrons. The molecule has 1 aliphatic rings. The Morgan fingerprint density at radius 3 is 2.10 bits per heavy atom. The summed E-state index contributed by atoms with van der Waals surface area (Å²) in [5.74, 6) is 0.468. The van der Waals surface area contributed by atoms with Crippen molar-refractivity contribution in [1.29, 1.82) is 0 Å². The van der Waals surface area contributed by atoms with E-state index in [1.807, 2.05) is 60.7 Å². The van der Waals surface area contributed by atoms with Gasteiger partial charge in [-0.15, -0.1) is 0 Å². The maximum absolute atomic E-state index is 8.84. The number of aromatic nitrogens is 3. The summed E-state index contributed by atoms with van der Waals surface area (Å²) in [5.41, 5.74) is 7.66. The fourth-order valence-electron chi connectivity index (χ4n) is 7.66. The summed E-state index contributed by atoms with van der Waals surface area (Å²) in [7, 11) is 0. The van der Waals surface area contributed by atoms with Gasteiger partial charge in [-0.05, 0) is 58.1 Å². The van der Waals surface area contributed by atoms with Crippen molar-refractivity contribution in [3.05, 3.63) is 170 Å². The van der Waals surface area contributed by atoms with E-state index in [0.717, 1.165) is 54.9 Å². The number of rotatable bonds is 4. The van der Waals surface area contributed by atoms with Gasteiger partial charge in [-0.3, -0.25) is 0 Å². The third-order valence-electron chi connectivity index (χ3n) is 9.91. The smallest absolute Gasteiger partial charge is 0.167 e. The zero-order valence-electron chi connectivity index (χ0n) is 32.5. The van der Waals surface area contributed by atoms with E-state index in [1.54, 1.807) is 0 Å². The fraction of sp³-hybridized carbons (Fsp3) is 0. The summed E-state index contributed by atoms with van der Waals surface area (Å²) < 4.78 is 49.2. The molecule has 11 rings (SSSR count). The Kier molecular flexibility index (Phi) is 5.19. The molecular weight excluding hydrogens is 637 g/mol. The lowest BCUT2D eigenvalue weighted by Gasteiger charge is -2.34. The van der Waals surface area contributed by atoms with Crippen LogP contribution in [0.1, 0.15) is 6.85 Å². The van der Waals surface area contributed by atoms with Crippen LogP contribution >= 0.6 is 0 Å². The Morgan fingerprint density at radius 1 is 0.500 bits per heavy atom. The van der Waals surface area contributed by atoms with Crippen molar-refractivity contribution in [2.45, 2.75) is 0 Å². The molecule has 0 saturated heterocycles. The average Bonchev–Trinajstić information content (AvgIpc) is 3.64. The maximum atomic E-state index is 8.84. The van der Waals surface area contributed by atoms with Crippen molar-refractivity contribution >= 4 is 60.5 Å². The van der Waals surface area contributed by atoms with Crippen LogP contribution in [0.2, 0.25) is 0 Å². The molecule has 0 atom stereocenters. The number of fused-ring (bicyclic) bond motifs is 7. The Labute approximate surface area is 306 Å². The molecule has 10 aromatic rings. The molecule has 0 fully saturated rings. The summed E-state index contributed by atoms with van der Waals surface area (Å²) in [6.07, 6.45) is 0. The van der Waals surface area contributed by atoms with Crippen LogP contribution in [0.25, 0.3) is 88.8 Å². The molecule has 2 aromatic heterocycles. The first-order chi connectivity index (χ1) is 27.9. The minimum atomic E-state index is -0.491. The monoisotopic (exact) mass is 669 g/mol. The van der Waals surface area contributed by atoms with Crippen molar-refractivity contribution < 1.29 is 11.3 Å². The second-order valence-corrected chi connectivity index (χ2v) is 12.8. The third kappa shape index (κ3) is 4.33. The van der Waals surface area contributed by atoms with Crippen LogP contribution in [-0.4, -0.2) is 15.0 Å². The number of benzene rings is 8. The van der Waals surface area contributed by atoms with Crippen LogP contribution in [0, 0.1) is 0 Å². The largest absolute Gasteiger partial charge is 0.455 e. The van der Waals surface area contributed by atoms with E-state index in [4.69, 9.17) is 26.2 Å². The predicted molar refractivity (Wildman–Crippen MR) is 212 cm³/mol. The highest BCUT2D eigenvalue weighted by molar-refractivity contribution is 6.19. The molecule has 5 heteroatoms. The van der Waals surface area contributed by atoms with Gasteiger partial charge < -0.3 is 9.32 Å². The van der Waals surface area contributed by atoms with E-state index in [9.17, 15) is 0 Å². The number of anilines is 3. The van der Waals surface area contributed by atoms with Gasteiger partial charge in [0.05, 0.1) is 23.8 Å². The van der Waals surface area contributed by atoms with Crippen LogP contribution in [0.5, 0.6) is 0 Å². The van der Waals surface area contributed by atoms with Crippen LogP contribution in [0.15, 0.2) is 174 Å². The first-order valence-electron chi connectivity index (χ1n) is 19.5. The lowest BCUT2D eigenvalue weighted by Crippen LogP contribution is -2.15. The van der Waals surface area contributed by atoms with Gasteiger partial charge in [0.2, 0.25) is 0 Å². The minimum absolute atomic E-state index is 0.0426. The van der Waals surface area contributed by atoms with E-state index < -0.39 is 30.2 Å². The van der Waals surface area contributed by atoms with E-state index >= 15 is 0 Å². The summed E-state index contributed by atoms with van der Waals surface area (Å²) in [5, 5.41) is 6.41. The van der Waals surface area contributed by atoms with Gasteiger partial charge in [0.15, 0.2) is 17.5 Å². The number of hydrogen-bond donors (Lipinski definition) is 0. The molecule has 0 unspecified atom stereocenters. The van der Waals surface area contributed by atoms with E-state index in [2.05, 4.69) is 83.8 Å². The lowest BCUT2D eigenvalue weighted by molar-refractivity contribution is 0.669. The van der Waals surface area contributed by atoms with E-state index in [-0.39, 0.29) is 23.0 Å². The number of nitrogens with zero attached hydrogens (tertiary/aromatic N) is 4. The molecule has 1 aliphatic heterocycles. The predicted octanol–water partition coefficient (Wildman–Crippen LogP) is 12.5. The Balaban J connectivity index is 1.16. The molecule has 0 bridgehead atoms.